The summed E-state index contributed by atoms with van der Waals surface area (Å²) in [5, 5.41) is 14.6. The standard InChI is InChI=1S/C16H22N2O4/c1-2-9-22-14-6-4-3-5-13(14)18-16(21)17-12-8-7-11(10-12)15(19)20/h3-6,11-12H,2,7-10H2,1H3,(H,19,20)(H2,17,18,21)/t11-,12+/m0/s1. The summed E-state index contributed by atoms with van der Waals surface area (Å²) < 4.78 is 5.59. The molecule has 1 aliphatic rings. The van der Waals surface area contributed by atoms with Gasteiger partial charge in [0.1, 0.15) is 5.75 Å². The summed E-state index contributed by atoms with van der Waals surface area (Å²) in [4.78, 5) is 23.0. The minimum absolute atomic E-state index is 0.0928. The number of carboxylic acid groups (broad SMARTS) is 1. The third kappa shape index (κ3) is 4.38. The van der Waals surface area contributed by atoms with E-state index in [2.05, 4.69) is 10.6 Å². The number of ether oxygens (including phenoxy) is 1. The SMILES string of the molecule is CCCOc1ccccc1NC(=O)N[C@@H]1CC[C@H](C(=O)O)C1. The van der Waals surface area contributed by atoms with Crippen molar-refractivity contribution in [3.8, 4) is 5.75 Å². The number of benzene rings is 1. The van der Waals surface area contributed by atoms with Crippen molar-refractivity contribution in [2.75, 3.05) is 11.9 Å². The third-order valence-electron chi connectivity index (χ3n) is 3.71. The van der Waals surface area contributed by atoms with Crippen molar-refractivity contribution in [1.82, 2.24) is 5.32 Å². The summed E-state index contributed by atoms with van der Waals surface area (Å²) in [6.45, 7) is 2.60. The van der Waals surface area contributed by atoms with Crippen LogP contribution in [0.3, 0.4) is 0 Å². The van der Waals surface area contributed by atoms with E-state index < -0.39 is 5.97 Å². The number of nitrogens with one attached hydrogen (secondary N) is 2. The number of para-hydroxylation sites is 2. The number of amides is 2. The lowest BCUT2D eigenvalue weighted by molar-refractivity contribution is -0.141. The average Bonchev–Trinajstić information content (AvgIpc) is 2.95. The van der Waals surface area contributed by atoms with Crippen molar-refractivity contribution in [2.24, 2.45) is 5.92 Å². The Kier molecular flexibility index (Phi) is 5.63. The van der Waals surface area contributed by atoms with Crippen LogP contribution in [0, 0.1) is 5.92 Å². The van der Waals surface area contributed by atoms with E-state index in [4.69, 9.17) is 9.84 Å². The fraction of sp³-hybridized carbons (Fsp3) is 0.500. The van der Waals surface area contributed by atoms with Gasteiger partial charge in [0.2, 0.25) is 0 Å². The van der Waals surface area contributed by atoms with Gasteiger partial charge in [0.25, 0.3) is 0 Å². The van der Waals surface area contributed by atoms with E-state index in [9.17, 15) is 9.59 Å². The largest absolute Gasteiger partial charge is 0.491 e. The molecule has 1 saturated carbocycles. The highest BCUT2D eigenvalue weighted by atomic mass is 16.5. The zero-order valence-corrected chi connectivity index (χ0v) is 12.7. The Balaban J connectivity index is 1.88. The quantitative estimate of drug-likeness (QED) is 0.754. The Hall–Kier alpha value is -2.24. The Bertz CT molecular complexity index is 533. The van der Waals surface area contributed by atoms with E-state index in [-0.39, 0.29) is 18.0 Å². The van der Waals surface area contributed by atoms with E-state index in [1.165, 1.54) is 0 Å². The van der Waals surface area contributed by atoms with Gasteiger partial charge in [-0.3, -0.25) is 4.79 Å². The van der Waals surface area contributed by atoms with Crippen LogP contribution in [-0.2, 0) is 4.79 Å². The van der Waals surface area contributed by atoms with Gasteiger partial charge < -0.3 is 20.5 Å². The van der Waals surface area contributed by atoms with Crippen LogP contribution in [0.2, 0.25) is 0 Å². The maximum absolute atomic E-state index is 12.0. The van der Waals surface area contributed by atoms with Crippen LogP contribution < -0.4 is 15.4 Å². The van der Waals surface area contributed by atoms with Crippen LogP contribution in [0.5, 0.6) is 5.75 Å². The van der Waals surface area contributed by atoms with Crippen molar-refractivity contribution in [3.05, 3.63) is 24.3 Å². The molecular weight excluding hydrogens is 284 g/mol. The molecule has 0 aliphatic heterocycles. The maximum Gasteiger partial charge on any atom is 0.319 e. The molecular formula is C16H22N2O4. The Morgan fingerprint density at radius 3 is 2.77 bits per heavy atom. The molecule has 0 spiro atoms. The van der Waals surface area contributed by atoms with E-state index in [0.717, 1.165) is 6.42 Å². The molecule has 1 fully saturated rings. The number of carbonyl (C=O) groups excluding carboxylic acids is 1. The number of aliphatic carboxylic acids is 1. The van der Waals surface area contributed by atoms with Crippen LogP contribution in [0.25, 0.3) is 0 Å². The van der Waals surface area contributed by atoms with Crippen LogP contribution >= 0.6 is 0 Å². The second-order valence-electron chi connectivity index (χ2n) is 5.49. The number of carboxylic acids is 1. The second-order valence-corrected chi connectivity index (χ2v) is 5.49. The first-order valence-electron chi connectivity index (χ1n) is 7.62. The lowest BCUT2D eigenvalue weighted by Gasteiger charge is -2.15. The monoisotopic (exact) mass is 306 g/mol. The average molecular weight is 306 g/mol. The smallest absolute Gasteiger partial charge is 0.319 e. The molecule has 1 aromatic rings. The highest BCUT2D eigenvalue weighted by Crippen LogP contribution is 2.27. The summed E-state index contributed by atoms with van der Waals surface area (Å²) in [5.41, 5.74) is 0.612. The van der Waals surface area contributed by atoms with Gasteiger partial charge in [0.05, 0.1) is 18.2 Å². The lowest BCUT2D eigenvalue weighted by atomic mass is 10.1. The van der Waals surface area contributed by atoms with Crippen molar-refractivity contribution in [3.63, 3.8) is 0 Å². The summed E-state index contributed by atoms with van der Waals surface area (Å²) in [7, 11) is 0. The van der Waals surface area contributed by atoms with Crippen LogP contribution in [0.1, 0.15) is 32.6 Å². The van der Waals surface area contributed by atoms with Gasteiger partial charge in [0, 0.05) is 6.04 Å². The highest BCUT2D eigenvalue weighted by Gasteiger charge is 2.30. The molecule has 0 saturated heterocycles. The highest BCUT2D eigenvalue weighted by molar-refractivity contribution is 5.91. The fourth-order valence-corrected chi connectivity index (χ4v) is 2.59. The maximum atomic E-state index is 12.0. The number of anilines is 1. The first kappa shape index (κ1) is 16.1. The second kappa shape index (κ2) is 7.68. The molecule has 3 N–H and O–H groups in total. The van der Waals surface area contributed by atoms with Gasteiger partial charge in [0.15, 0.2) is 0 Å². The molecule has 0 heterocycles. The van der Waals surface area contributed by atoms with Gasteiger partial charge in [-0.25, -0.2) is 4.79 Å². The van der Waals surface area contributed by atoms with Gasteiger partial charge in [-0.2, -0.15) is 0 Å². The van der Waals surface area contributed by atoms with Gasteiger partial charge in [-0.15, -0.1) is 0 Å². The van der Waals surface area contributed by atoms with Crippen LogP contribution in [0.4, 0.5) is 10.5 Å². The first-order valence-corrected chi connectivity index (χ1v) is 7.62. The molecule has 0 aromatic heterocycles. The van der Waals surface area contributed by atoms with Crippen LogP contribution in [0.15, 0.2) is 24.3 Å². The third-order valence-corrected chi connectivity index (χ3v) is 3.71. The Morgan fingerprint density at radius 2 is 2.09 bits per heavy atom. The molecule has 0 radical (unpaired) electrons. The minimum Gasteiger partial charge on any atom is -0.491 e. The van der Waals surface area contributed by atoms with Gasteiger partial charge >= 0.3 is 12.0 Å². The van der Waals surface area contributed by atoms with Crippen molar-refractivity contribution in [2.45, 2.75) is 38.6 Å². The Labute approximate surface area is 129 Å². The number of hydrogen-bond donors (Lipinski definition) is 3. The topological polar surface area (TPSA) is 87.7 Å². The minimum atomic E-state index is -0.789. The van der Waals surface area contributed by atoms with Crippen LogP contribution in [-0.4, -0.2) is 29.8 Å². The summed E-state index contributed by atoms with van der Waals surface area (Å²) in [6, 6.07) is 6.83. The molecule has 1 aromatic carbocycles. The zero-order chi connectivity index (χ0) is 15.9. The zero-order valence-electron chi connectivity index (χ0n) is 12.7. The molecule has 1 aliphatic carbocycles. The number of rotatable bonds is 6. The Morgan fingerprint density at radius 1 is 1.32 bits per heavy atom. The predicted molar refractivity (Wildman–Crippen MR) is 83.1 cm³/mol. The van der Waals surface area contributed by atoms with Crippen molar-refractivity contribution in [1.29, 1.82) is 0 Å². The molecule has 2 amide bonds. The normalized spacial score (nSPS) is 20.4. The van der Waals surface area contributed by atoms with Gasteiger partial charge in [-0.05, 0) is 37.8 Å². The molecule has 22 heavy (non-hydrogen) atoms. The molecule has 6 nitrogen and oxygen atoms in total. The van der Waals surface area contributed by atoms with Crippen molar-refractivity contribution < 1.29 is 19.4 Å². The summed E-state index contributed by atoms with van der Waals surface area (Å²) >= 11 is 0. The van der Waals surface area contributed by atoms with E-state index in [1.54, 1.807) is 12.1 Å². The number of hydrogen-bond acceptors (Lipinski definition) is 3. The lowest BCUT2D eigenvalue weighted by Crippen LogP contribution is -2.36. The molecule has 0 unspecified atom stereocenters. The molecule has 0 bridgehead atoms. The fourth-order valence-electron chi connectivity index (χ4n) is 2.59. The molecule has 2 rings (SSSR count). The van der Waals surface area contributed by atoms with E-state index >= 15 is 0 Å². The molecule has 2 atom stereocenters. The molecule has 120 valence electrons. The summed E-state index contributed by atoms with van der Waals surface area (Å²) in [6.07, 6.45) is 2.67. The van der Waals surface area contributed by atoms with Gasteiger partial charge in [-0.1, -0.05) is 19.1 Å². The number of carbonyl (C=O) groups is 2. The van der Waals surface area contributed by atoms with E-state index in [1.807, 2.05) is 19.1 Å². The predicted octanol–water partition coefficient (Wildman–Crippen LogP) is 2.85. The summed E-state index contributed by atoms with van der Waals surface area (Å²) in [5.74, 6) is -0.511. The van der Waals surface area contributed by atoms with E-state index in [0.29, 0.717) is 37.3 Å². The molecule has 6 heteroatoms. The number of urea groups is 1. The van der Waals surface area contributed by atoms with Crippen molar-refractivity contribution >= 4 is 17.7 Å². The first-order chi connectivity index (χ1) is 10.6.